The molecule has 1 N–H and O–H groups in total. The average Bonchev–Trinajstić information content (AvgIpc) is 3.54. The average molecular weight is 559 g/mol. The number of thiazole rings is 1. The monoisotopic (exact) mass is 558 g/mol. The Morgan fingerprint density at radius 1 is 1.00 bits per heavy atom. The van der Waals surface area contributed by atoms with Gasteiger partial charge in [-0.05, 0) is 79.4 Å². The number of rotatable bonds is 7. The van der Waals surface area contributed by atoms with E-state index in [0.29, 0.717) is 16.3 Å². The van der Waals surface area contributed by atoms with Gasteiger partial charge in [0.25, 0.3) is 11.8 Å². The zero-order valence-corrected chi connectivity index (χ0v) is 23.6. The lowest BCUT2D eigenvalue weighted by atomic mass is 10.1. The number of fused-ring (bicyclic) bond motifs is 1. The summed E-state index contributed by atoms with van der Waals surface area (Å²) in [4.78, 5) is 44.9. The van der Waals surface area contributed by atoms with Gasteiger partial charge in [-0.15, -0.1) is 21.5 Å². The normalized spacial score (nSPS) is 13.2. The fraction of sp³-hybridized carbons (Fsp3) is 0.267. The van der Waals surface area contributed by atoms with E-state index in [1.54, 1.807) is 23.5 Å². The van der Waals surface area contributed by atoms with Crippen molar-refractivity contribution >= 4 is 50.7 Å². The maximum Gasteiger partial charge on any atom is 0.333 e. The van der Waals surface area contributed by atoms with Crippen LogP contribution in [0.15, 0.2) is 64.8 Å². The van der Waals surface area contributed by atoms with E-state index in [0.717, 1.165) is 16.1 Å². The molecule has 1 aromatic heterocycles. The Labute approximate surface area is 236 Å². The third kappa shape index (κ3) is 6.40. The minimum absolute atomic E-state index is 0.0442. The first kappa shape index (κ1) is 28.6. The zero-order valence-electron chi connectivity index (χ0n) is 22.8. The fourth-order valence-electron chi connectivity index (χ4n) is 3.98. The van der Waals surface area contributed by atoms with Crippen LogP contribution in [0, 0.1) is 13.8 Å². The molecule has 0 saturated carbocycles. The third-order valence-corrected chi connectivity index (χ3v) is 7.56. The van der Waals surface area contributed by atoms with E-state index in [4.69, 9.17) is 9.82 Å². The fourth-order valence-corrected chi connectivity index (χ4v) is 5.11. The van der Waals surface area contributed by atoms with Crippen molar-refractivity contribution < 1.29 is 24.3 Å². The van der Waals surface area contributed by atoms with Crippen LogP contribution in [-0.4, -0.2) is 32.9 Å². The van der Waals surface area contributed by atoms with Crippen molar-refractivity contribution in [3.8, 4) is 16.3 Å². The Morgan fingerprint density at radius 3 is 2.40 bits per heavy atom. The van der Waals surface area contributed by atoms with E-state index in [9.17, 15) is 19.5 Å². The van der Waals surface area contributed by atoms with Crippen molar-refractivity contribution in [2.75, 3.05) is 0 Å². The molecule has 0 aliphatic carbocycles. The van der Waals surface area contributed by atoms with Gasteiger partial charge in [0.05, 0.1) is 22.3 Å². The van der Waals surface area contributed by atoms with Gasteiger partial charge >= 0.3 is 5.97 Å². The number of carbonyl (C=O) groups is 3. The van der Waals surface area contributed by atoms with Crippen LogP contribution in [0.25, 0.3) is 20.8 Å². The molecule has 0 spiro atoms. The number of imide groups is 1. The van der Waals surface area contributed by atoms with Crippen LogP contribution in [-0.2, 0) is 25.6 Å². The topological polar surface area (TPSA) is 122 Å². The largest absolute Gasteiger partial charge is 0.506 e. The third-order valence-electron chi connectivity index (χ3n) is 6.32. The molecule has 0 bridgehead atoms. The van der Waals surface area contributed by atoms with Crippen LogP contribution in [0.5, 0.6) is 5.75 Å². The molecule has 206 valence electrons. The van der Waals surface area contributed by atoms with Gasteiger partial charge in [-0.25, -0.2) is 9.78 Å². The Bertz CT molecular complexity index is 1580. The van der Waals surface area contributed by atoms with Gasteiger partial charge in [0, 0.05) is 18.4 Å². The lowest BCUT2D eigenvalue weighted by Gasteiger charge is -2.12. The molecule has 9 nitrogen and oxygen atoms in total. The first-order valence-corrected chi connectivity index (χ1v) is 13.9. The highest BCUT2D eigenvalue weighted by atomic mass is 32.1. The summed E-state index contributed by atoms with van der Waals surface area (Å²) in [6, 6.07) is 16.4. The molecule has 4 aromatic rings. The van der Waals surface area contributed by atoms with Gasteiger partial charge in [0.15, 0.2) is 0 Å². The molecule has 1 aliphatic heterocycles. The molecule has 1 fully saturated rings. The van der Waals surface area contributed by atoms with Gasteiger partial charge in [-0.1, -0.05) is 26.0 Å². The van der Waals surface area contributed by atoms with Crippen LogP contribution in [0.3, 0.4) is 0 Å². The highest BCUT2D eigenvalue weighted by Gasteiger charge is 2.32. The van der Waals surface area contributed by atoms with Crippen LogP contribution in [0.4, 0.5) is 11.4 Å². The van der Waals surface area contributed by atoms with Crippen molar-refractivity contribution in [1.29, 1.82) is 0 Å². The number of amides is 2. The van der Waals surface area contributed by atoms with E-state index in [-0.39, 0.29) is 37.1 Å². The number of carbonyl (C=O) groups excluding carboxylic acids is 3. The van der Waals surface area contributed by atoms with Gasteiger partial charge in [0.2, 0.25) is 0 Å². The highest BCUT2D eigenvalue weighted by Crippen LogP contribution is 2.35. The number of hydrogen-bond acceptors (Lipinski definition) is 9. The molecule has 40 heavy (non-hydrogen) atoms. The second-order valence-electron chi connectivity index (χ2n) is 8.99. The SMILES string of the molecule is CC.Cc1ccc2nc(-c3ccc(N=Nc4cc(CCC(=O)ON5C(=O)CCC5=O)ccc4O)cc3)sc2c1C. The highest BCUT2D eigenvalue weighted by molar-refractivity contribution is 7.21. The minimum atomic E-state index is -0.691. The number of hydrogen-bond donors (Lipinski definition) is 1. The molecule has 3 aromatic carbocycles. The summed E-state index contributed by atoms with van der Waals surface area (Å²) in [5.41, 5.74) is 6.02. The smallest absolute Gasteiger partial charge is 0.333 e. The number of phenols is 1. The van der Waals surface area contributed by atoms with E-state index in [1.165, 1.54) is 21.9 Å². The molecule has 2 amide bonds. The summed E-state index contributed by atoms with van der Waals surface area (Å²) < 4.78 is 1.19. The molecular weight excluding hydrogens is 528 g/mol. The maximum absolute atomic E-state index is 12.1. The molecule has 10 heteroatoms. The molecule has 1 aliphatic rings. The lowest BCUT2D eigenvalue weighted by Crippen LogP contribution is -2.32. The van der Waals surface area contributed by atoms with Crippen molar-refractivity contribution in [3.63, 3.8) is 0 Å². The molecule has 5 rings (SSSR count). The van der Waals surface area contributed by atoms with Crippen molar-refractivity contribution in [2.45, 2.75) is 53.4 Å². The molecular formula is C30H30N4O5S. The number of phenolic OH excluding ortho intramolecular Hbond substituents is 1. The Hall–Kier alpha value is -4.44. The van der Waals surface area contributed by atoms with Crippen LogP contribution in [0.2, 0.25) is 0 Å². The van der Waals surface area contributed by atoms with E-state index >= 15 is 0 Å². The summed E-state index contributed by atoms with van der Waals surface area (Å²) in [5.74, 6) is -1.78. The van der Waals surface area contributed by atoms with Crippen LogP contribution >= 0.6 is 11.3 Å². The molecule has 2 heterocycles. The maximum atomic E-state index is 12.1. The van der Waals surface area contributed by atoms with Gasteiger partial charge in [-0.2, -0.15) is 5.11 Å². The number of benzene rings is 3. The molecule has 0 radical (unpaired) electrons. The van der Waals surface area contributed by atoms with Gasteiger partial charge in [0.1, 0.15) is 16.4 Å². The predicted octanol–water partition coefficient (Wildman–Crippen LogP) is 7.27. The predicted molar refractivity (Wildman–Crippen MR) is 154 cm³/mol. The minimum Gasteiger partial charge on any atom is -0.506 e. The standard InChI is InChI=1S/C28H24N4O5S.C2H6/c1-16-3-10-21-27(17(16)2)38-28(29-21)19-6-8-20(9-7-19)30-31-22-15-18(4-11-23(22)33)5-14-26(36)37-32-24(34)12-13-25(32)35;1-2/h3-4,6-11,15,33H,5,12-14H2,1-2H3;1-2H3. The van der Waals surface area contributed by atoms with Gasteiger partial charge in [-0.3, -0.25) is 9.59 Å². The molecule has 0 atom stereocenters. The van der Waals surface area contributed by atoms with E-state index in [1.807, 2.05) is 44.2 Å². The number of aromatic nitrogens is 1. The second-order valence-corrected chi connectivity index (χ2v) is 9.99. The van der Waals surface area contributed by atoms with Crippen molar-refractivity contribution in [1.82, 2.24) is 10.0 Å². The molecule has 0 unspecified atom stereocenters. The number of aryl methyl sites for hydroxylation is 3. The quantitative estimate of drug-likeness (QED) is 0.188. The molecule has 1 saturated heterocycles. The zero-order chi connectivity index (χ0) is 28.8. The van der Waals surface area contributed by atoms with Crippen molar-refractivity contribution in [2.24, 2.45) is 10.2 Å². The number of nitrogens with zero attached hydrogens (tertiary/aromatic N) is 4. The Kier molecular flexibility index (Phi) is 9.00. The lowest BCUT2D eigenvalue weighted by molar-refractivity contribution is -0.197. The van der Waals surface area contributed by atoms with E-state index < -0.39 is 17.8 Å². The summed E-state index contributed by atoms with van der Waals surface area (Å²) in [6.07, 6.45) is 0.309. The first-order valence-electron chi connectivity index (χ1n) is 13.1. The van der Waals surface area contributed by atoms with Crippen LogP contribution in [0.1, 0.15) is 49.8 Å². The summed E-state index contributed by atoms with van der Waals surface area (Å²) >= 11 is 1.66. The number of hydroxylamine groups is 2. The number of azo groups is 1. The van der Waals surface area contributed by atoms with Gasteiger partial charge < -0.3 is 9.94 Å². The van der Waals surface area contributed by atoms with Crippen molar-refractivity contribution in [3.05, 3.63) is 71.3 Å². The van der Waals surface area contributed by atoms with E-state index in [2.05, 4.69) is 30.1 Å². The summed E-state index contributed by atoms with van der Waals surface area (Å²) in [5, 5.41) is 20.1. The second kappa shape index (κ2) is 12.6. The Balaban J connectivity index is 0.00000181. The first-order chi connectivity index (χ1) is 19.3. The summed E-state index contributed by atoms with van der Waals surface area (Å²) in [7, 11) is 0. The number of aromatic hydroxyl groups is 1. The Morgan fingerprint density at radius 2 is 1.70 bits per heavy atom. The van der Waals surface area contributed by atoms with Crippen LogP contribution < -0.4 is 0 Å². The summed E-state index contributed by atoms with van der Waals surface area (Å²) in [6.45, 7) is 8.20.